The largest absolute Gasteiger partial charge is 0.462 e. The minimum absolute atomic E-state index is 0.0594. The molecule has 7 nitrogen and oxygen atoms in total. The molecule has 0 saturated carbocycles. The number of hydrogen-bond acceptors (Lipinski definition) is 5. The quantitative estimate of drug-likeness (QED) is 0.153. The van der Waals surface area contributed by atoms with Gasteiger partial charge in [-0.1, -0.05) is 60.7 Å². The second kappa shape index (κ2) is 9.02. The van der Waals surface area contributed by atoms with Crippen molar-refractivity contribution in [1.29, 1.82) is 0 Å². The maximum atomic E-state index is 12.4. The molecule has 182 valence electrons. The lowest BCUT2D eigenvalue weighted by Gasteiger charge is -2.13. The average Bonchev–Trinajstić information content (AvgIpc) is 3.47. The monoisotopic (exact) mass is 489 g/mol. The van der Waals surface area contributed by atoms with Crippen LogP contribution in [0, 0.1) is 10.1 Å². The molecule has 1 heterocycles. The van der Waals surface area contributed by atoms with E-state index >= 15 is 0 Å². The summed E-state index contributed by atoms with van der Waals surface area (Å²) in [7, 11) is 0. The van der Waals surface area contributed by atoms with Crippen molar-refractivity contribution in [2.75, 3.05) is 6.61 Å². The van der Waals surface area contributed by atoms with Gasteiger partial charge >= 0.3 is 5.97 Å². The van der Waals surface area contributed by atoms with Crippen molar-refractivity contribution >= 4 is 22.7 Å². The van der Waals surface area contributed by atoms with E-state index in [0.717, 1.165) is 17.5 Å². The number of hydrogen-bond donors (Lipinski definition) is 0. The summed E-state index contributed by atoms with van der Waals surface area (Å²) in [5, 5.41) is 11.8. The summed E-state index contributed by atoms with van der Waals surface area (Å²) < 4.78 is 7.19. The Bertz CT molecular complexity index is 1700. The molecule has 6 rings (SSSR count). The summed E-state index contributed by atoms with van der Waals surface area (Å²) >= 11 is 0. The summed E-state index contributed by atoms with van der Waals surface area (Å²) in [4.78, 5) is 28.8. The SMILES string of the molecule is CCOC(=O)c1ccc2c(c1)nc(-c1cccc3c1Cc1ccccc1-3)n2Cc1ccccc1[N+](=O)[O-]. The van der Waals surface area contributed by atoms with E-state index in [1.807, 2.05) is 34.9 Å². The number of esters is 1. The number of nitrogens with zero attached hydrogens (tertiary/aromatic N) is 3. The van der Waals surface area contributed by atoms with Crippen LogP contribution < -0.4 is 0 Å². The third-order valence-electron chi connectivity index (χ3n) is 6.87. The van der Waals surface area contributed by atoms with Gasteiger partial charge in [-0.15, -0.1) is 0 Å². The topological polar surface area (TPSA) is 87.3 Å². The van der Waals surface area contributed by atoms with Crippen LogP contribution in [-0.2, 0) is 17.7 Å². The molecule has 0 bridgehead atoms. The van der Waals surface area contributed by atoms with Crippen molar-refractivity contribution in [3.63, 3.8) is 0 Å². The van der Waals surface area contributed by atoms with Gasteiger partial charge in [0.2, 0.25) is 0 Å². The lowest BCUT2D eigenvalue weighted by Crippen LogP contribution is -2.06. The Kier molecular flexibility index (Phi) is 5.53. The average molecular weight is 490 g/mol. The highest BCUT2D eigenvalue weighted by atomic mass is 16.6. The molecule has 4 aromatic carbocycles. The normalized spacial score (nSPS) is 11.8. The Morgan fingerprint density at radius 1 is 0.973 bits per heavy atom. The molecule has 0 atom stereocenters. The standard InChI is InChI=1S/C30H23N3O4/c1-2-37-30(34)20-14-15-28-26(17-20)31-29(32(28)18-21-9-4-6-13-27(21)33(35)36)24-12-7-11-23-22-10-5-3-8-19(22)16-25(23)24/h3-15,17H,2,16,18H2,1H3. The van der Waals surface area contributed by atoms with Crippen LogP contribution in [0.15, 0.2) is 84.9 Å². The molecule has 0 amide bonds. The van der Waals surface area contributed by atoms with Gasteiger partial charge in [0, 0.05) is 17.2 Å². The molecule has 0 fully saturated rings. The van der Waals surface area contributed by atoms with Crippen molar-refractivity contribution in [3.05, 3.63) is 117 Å². The van der Waals surface area contributed by atoms with Crippen molar-refractivity contribution in [2.45, 2.75) is 19.9 Å². The molecule has 0 spiro atoms. The van der Waals surface area contributed by atoms with Gasteiger partial charge < -0.3 is 9.30 Å². The zero-order valence-electron chi connectivity index (χ0n) is 20.2. The number of para-hydroxylation sites is 1. The minimum Gasteiger partial charge on any atom is -0.462 e. The fraction of sp³-hybridized carbons (Fsp3) is 0.133. The van der Waals surface area contributed by atoms with E-state index in [1.54, 1.807) is 37.3 Å². The molecule has 1 aliphatic carbocycles. The number of nitro groups is 1. The molecule has 0 aliphatic heterocycles. The number of imidazole rings is 1. The van der Waals surface area contributed by atoms with Crippen LogP contribution in [0.5, 0.6) is 0 Å². The molecule has 0 saturated heterocycles. The van der Waals surface area contributed by atoms with E-state index < -0.39 is 5.97 Å². The first-order valence-corrected chi connectivity index (χ1v) is 12.2. The van der Waals surface area contributed by atoms with Crippen molar-refractivity contribution in [2.24, 2.45) is 0 Å². The van der Waals surface area contributed by atoms with E-state index in [9.17, 15) is 14.9 Å². The highest BCUT2D eigenvalue weighted by Crippen LogP contribution is 2.42. The zero-order chi connectivity index (χ0) is 25.5. The maximum absolute atomic E-state index is 12.4. The molecular formula is C30H23N3O4. The fourth-order valence-corrected chi connectivity index (χ4v) is 5.20. The Balaban J connectivity index is 1.56. The number of aromatic nitrogens is 2. The van der Waals surface area contributed by atoms with Crippen LogP contribution in [0.4, 0.5) is 5.69 Å². The van der Waals surface area contributed by atoms with Gasteiger partial charge in [0.1, 0.15) is 5.82 Å². The highest BCUT2D eigenvalue weighted by Gasteiger charge is 2.25. The van der Waals surface area contributed by atoms with Gasteiger partial charge in [-0.25, -0.2) is 9.78 Å². The Hall–Kier alpha value is -4.78. The Morgan fingerprint density at radius 3 is 2.57 bits per heavy atom. The summed E-state index contributed by atoms with van der Waals surface area (Å²) in [5.74, 6) is 0.300. The number of carbonyl (C=O) groups excluding carboxylic acids is 1. The number of nitro benzene ring substituents is 1. The first-order valence-electron chi connectivity index (χ1n) is 12.2. The molecule has 1 aliphatic rings. The smallest absolute Gasteiger partial charge is 0.338 e. The molecule has 5 aromatic rings. The molecular weight excluding hydrogens is 466 g/mol. The van der Waals surface area contributed by atoms with Gasteiger partial charge in [0.15, 0.2) is 0 Å². The van der Waals surface area contributed by atoms with E-state index in [0.29, 0.717) is 22.5 Å². The van der Waals surface area contributed by atoms with E-state index in [-0.39, 0.29) is 23.8 Å². The summed E-state index contributed by atoms with van der Waals surface area (Å²) in [6, 6.07) is 26.6. The number of fused-ring (bicyclic) bond motifs is 4. The molecule has 0 N–H and O–H groups in total. The second-order valence-corrected chi connectivity index (χ2v) is 9.00. The lowest BCUT2D eigenvalue weighted by molar-refractivity contribution is -0.385. The predicted molar refractivity (Wildman–Crippen MR) is 142 cm³/mol. The van der Waals surface area contributed by atoms with Gasteiger partial charge in [0.25, 0.3) is 5.69 Å². The van der Waals surface area contributed by atoms with Crippen LogP contribution in [0.1, 0.15) is 34.0 Å². The lowest BCUT2D eigenvalue weighted by atomic mass is 10.0. The second-order valence-electron chi connectivity index (χ2n) is 9.00. The Labute approximate surface area is 213 Å². The van der Waals surface area contributed by atoms with Gasteiger partial charge in [-0.3, -0.25) is 10.1 Å². The molecule has 0 unspecified atom stereocenters. The van der Waals surface area contributed by atoms with Crippen LogP contribution in [0.25, 0.3) is 33.5 Å². The first kappa shape index (κ1) is 22.7. The summed E-state index contributed by atoms with van der Waals surface area (Å²) in [5.41, 5.74) is 8.27. The highest BCUT2D eigenvalue weighted by molar-refractivity contribution is 5.95. The van der Waals surface area contributed by atoms with Crippen molar-refractivity contribution in [1.82, 2.24) is 9.55 Å². The number of carbonyl (C=O) groups is 1. The number of ether oxygens (including phenoxy) is 1. The predicted octanol–water partition coefficient (Wildman–Crippen LogP) is 6.41. The van der Waals surface area contributed by atoms with E-state index in [2.05, 4.69) is 18.2 Å². The fourth-order valence-electron chi connectivity index (χ4n) is 5.20. The summed E-state index contributed by atoms with van der Waals surface area (Å²) in [6.45, 7) is 2.31. The van der Waals surface area contributed by atoms with Crippen LogP contribution in [0.3, 0.4) is 0 Å². The van der Waals surface area contributed by atoms with Gasteiger partial charge in [-0.2, -0.15) is 0 Å². The maximum Gasteiger partial charge on any atom is 0.338 e. The third-order valence-corrected chi connectivity index (χ3v) is 6.87. The third kappa shape index (κ3) is 3.85. The first-order chi connectivity index (χ1) is 18.0. The van der Waals surface area contributed by atoms with Gasteiger partial charge in [-0.05, 0) is 53.8 Å². The molecule has 7 heteroatoms. The van der Waals surface area contributed by atoms with Crippen molar-refractivity contribution in [3.8, 4) is 22.5 Å². The minimum atomic E-state index is -0.407. The Morgan fingerprint density at radius 2 is 1.73 bits per heavy atom. The molecule has 0 radical (unpaired) electrons. The van der Waals surface area contributed by atoms with Crippen LogP contribution in [-0.4, -0.2) is 27.1 Å². The molecule has 1 aromatic heterocycles. The zero-order valence-corrected chi connectivity index (χ0v) is 20.2. The van der Waals surface area contributed by atoms with Crippen LogP contribution in [0.2, 0.25) is 0 Å². The van der Waals surface area contributed by atoms with Crippen molar-refractivity contribution < 1.29 is 14.5 Å². The summed E-state index contributed by atoms with van der Waals surface area (Å²) in [6.07, 6.45) is 0.782. The van der Waals surface area contributed by atoms with Crippen LogP contribution >= 0.6 is 0 Å². The number of benzene rings is 4. The van der Waals surface area contributed by atoms with E-state index in [4.69, 9.17) is 9.72 Å². The van der Waals surface area contributed by atoms with E-state index in [1.165, 1.54) is 28.3 Å². The molecule has 37 heavy (non-hydrogen) atoms. The van der Waals surface area contributed by atoms with Gasteiger partial charge in [0.05, 0.1) is 34.7 Å². The number of rotatable bonds is 6.